The molecule has 0 amide bonds. The summed E-state index contributed by atoms with van der Waals surface area (Å²) in [4.78, 5) is 19.2. The summed E-state index contributed by atoms with van der Waals surface area (Å²) < 4.78 is 0.606. The van der Waals surface area contributed by atoms with E-state index in [2.05, 4.69) is 9.97 Å². The maximum Gasteiger partial charge on any atom is 0.264 e. The van der Waals surface area contributed by atoms with Crippen molar-refractivity contribution in [3.63, 3.8) is 0 Å². The first-order valence-corrected chi connectivity index (χ1v) is 7.48. The Hall–Kier alpha value is -0.590. The van der Waals surface area contributed by atoms with Crippen LogP contribution in [0.1, 0.15) is 25.5 Å². The molecule has 2 rings (SSSR count). The van der Waals surface area contributed by atoms with E-state index in [4.69, 9.17) is 23.2 Å². The van der Waals surface area contributed by atoms with Crippen LogP contribution in [0, 0.1) is 3.57 Å². The van der Waals surface area contributed by atoms with Gasteiger partial charge in [0.25, 0.3) is 5.56 Å². The minimum atomic E-state index is -0.162. The second kappa shape index (κ2) is 5.81. The molecule has 2 aromatic rings. The van der Waals surface area contributed by atoms with Gasteiger partial charge in [0.15, 0.2) is 0 Å². The maximum absolute atomic E-state index is 12.0. The Morgan fingerprint density at radius 1 is 1.32 bits per heavy atom. The van der Waals surface area contributed by atoms with Gasteiger partial charge in [0.05, 0.1) is 14.3 Å². The first kappa shape index (κ1) is 14.8. The highest BCUT2D eigenvalue weighted by molar-refractivity contribution is 14.1. The number of aromatic amines is 1. The average Bonchev–Trinajstić information content (AvgIpc) is 2.35. The van der Waals surface area contributed by atoms with E-state index in [-0.39, 0.29) is 11.5 Å². The van der Waals surface area contributed by atoms with Crippen LogP contribution in [0.4, 0.5) is 0 Å². The SMILES string of the molecule is CC(C)c1nc(-c2cc(Cl)ccc2Cl)[nH]c(=O)c1I. The lowest BCUT2D eigenvalue weighted by Crippen LogP contribution is -2.17. The van der Waals surface area contributed by atoms with E-state index < -0.39 is 0 Å². The van der Waals surface area contributed by atoms with E-state index in [1.807, 2.05) is 36.4 Å². The van der Waals surface area contributed by atoms with Crippen LogP contribution in [0.15, 0.2) is 23.0 Å². The highest BCUT2D eigenvalue weighted by atomic mass is 127. The van der Waals surface area contributed by atoms with Gasteiger partial charge in [0.1, 0.15) is 5.82 Å². The normalized spacial score (nSPS) is 11.1. The third-order valence-electron chi connectivity index (χ3n) is 2.62. The molecule has 3 nitrogen and oxygen atoms in total. The summed E-state index contributed by atoms with van der Waals surface area (Å²) in [7, 11) is 0. The van der Waals surface area contributed by atoms with Crippen molar-refractivity contribution < 1.29 is 0 Å². The lowest BCUT2D eigenvalue weighted by molar-refractivity contribution is 0.802. The van der Waals surface area contributed by atoms with Crippen LogP contribution < -0.4 is 5.56 Å². The van der Waals surface area contributed by atoms with Crippen LogP contribution in [0.25, 0.3) is 11.4 Å². The van der Waals surface area contributed by atoms with Gasteiger partial charge in [-0.05, 0) is 46.7 Å². The third-order valence-corrected chi connectivity index (χ3v) is 4.23. The molecule has 1 aromatic heterocycles. The smallest absolute Gasteiger partial charge is 0.264 e. The molecule has 1 aromatic carbocycles. The molecular weight excluding hydrogens is 398 g/mol. The zero-order valence-electron chi connectivity index (χ0n) is 10.3. The van der Waals surface area contributed by atoms with E-state index in [0.29, 0.717) is 25.0 Å². The van der Waals surface area contributed by atoms with Crippen molar-refractivity contribution in [2.45, 2.75) is 19.8 Å². The van der Waals surface area contributed by atoms with E-state index in [9.17, 15) is 4.79 Å². The highest BCUT2D eigenvalue weighted by Crippen LogP contribution is 2.29. The lowest BCUT2D eigenvalue weighted by atomic mass is 10.1. The Labute approximate surface area is 134 Å². The third kappa shape index (κ3) is 3.12. The molecular formula is C13H11Cl2IN2O. The first-order valence-electron chi connectivity index (χ1n) is 5.65. The second-order valence-corrected chi connectivity index (χ2v) is 6.32. The summed E-state index contributed by atoms with van der Waals surface area (Å²) in [6.45, 7) is 3.99. The topological polar surface area (TPSA) is 45.8 Å². The molecule has 0 spiro atoms. The van der Waals surface area contributed by atoms with Crippen molar-refractivity contribution >= 4 is 45.8 Å². The molecule has 100 valence electrons. The number of aromatic nitrogens is 2. The van der Waals surface area contributed by atoms with Crippen molar-refractivity contribution in [2.75, 3.05) is 0 Å². The fourth-order valence-corrected chi connectivity index (χ4v) is 2.92. The van der Waals surface area contributed by atoms with Crippen LogP contribution in [-0.2, 0) is 0 Å². The average molecular weight is 409 g/mol. The lowest BCUT2D eigenvalue weighted by Gasteiger charge is -2.10. The van der Waals surface area contributed by atoms with Crippen molar-refractivity contribution in [1.29, 1.82) is 0 Å². The molecule has 1 heterocycles. The van der Waals surface area contributed by atoms with Crippen LogP contribution in [0.5, 0.6) is 0 Å². The molecule has 0 aliphatic rings. The summed E-state index contributed by atoms with van der Waals surface area (Å²) in [5.41, 5.74) is 1.23. The number of hydrogen-bond acceptors (Lipinski definition) is 2. The second-order valence-electron chi connectivity index (χ2n) is 4.39. The van der Waals surface area contributed by atoms with Crippen LogP contribution >= 0.6 is 45.8 Å². The van der Waals surface area contributed by atoms with E-state index in [1.165, 1.54) is 0 Å². The minimum Gasteiger partial charge on any atom is -0.306 e. The molecule has 0 bridgehead atoms. The summed E-state index contributed by atoms with van der Waals surface area (Å²) in [5, 5.41) is 1.05. The molecule has 1 N–H and O–H groups in total. The van der Waals surface area contributed by atoms with Gasteiger partial charge < -0.3 is 4.98 Å². The van der Waals surface area contributed by atoms with Gasteiger partial charge in [-0.2, -0.15) is 0 Å². The summed E-state index contributed by atoms with van der Waals surface area (Å²) in [5.74, 6) is 0.604. The van der Waals surface area contributed by atoms with Gasteiger partial charge in [0, 0.05) is 10.6 Å². The van der Waals surface area contributed by atoms with E-state index in [1.54, 1.807) is 18.2 Å². The molecule has 0 aliphatic carbocycles. The summed E-state index contributed by atoms with van der Waals surface area (Å²) in [6, 6.07) is 5.08. The molecule has 0 saturated carbocycles. The van der Waals surface area contributed by atoms with Crippen LogP contribution in [0.3, 0.4) is 0 Å². The zero-order chi connectivity index (χ0) is 14.2. The van der Waals surface area contributed by atoms with Crippen molar-refractivity contribution in [3.8, 4) is 11.4 Å². The summed E-state index contributed by atoms with van der Waals surface area (Å²) >= 11 is 14.1. The van der Waals surface area contributed by atoms with Crippen molar-refractivity contribution in [2.24, 2.45) is 0 Å². The highest BCUT2D eigenvalue weighted by Gasteiger charge is 2.14. The minimum absolute atomic E-state index is 0.158. The van der Waals surface area contributed by atoms with E-state index in [0.717, 1.165) is 5.69 Å². The molecule has 0 aliphatic heterocycles. The predicted octanol–water partition coefficient (Wildman–Crippen LogP) is 4.47. The number of nitrogens with zero attached hydrogens (tertiary/aromatic N) is 1. The largest absolute Gasteiger partial charge is 0.306 e. The molecule has 19 heavy (non-hydrogen) atoms. The standard InChI is InChI=1S/C13H11Cl2IN2O/c1-6(2)11-10(16)13(19)18-12(17-11)8-5-7(14)3-4-9(8)15/h3-6H,1-2H3,(H,17,18,19). The van der Waals surface area contributed by atoms with Gasteiger partial charge in [0.2, 0.25) is 0 Å². The zero-order valence-corrected chi connectivity index (χ0v) is 14.0. The van der Waals surface area contributed by atoms with Gasteiger partial charge in [-0.1, -0.05) is 37.0 Å². The molecule has 0 radical (unpaired) electrons. The molecule has 0 atom stereocenters. The predicted molar refractivity (Wildman–Crippen MR) is 87.1 cm³/mol. The van der Waals surface area contributed by atoms with Crippen LogP contribution in [-0.4, -0.2) is 9.97 Å². The summed E-state index contributed by atoms with van der Waals surface area (Å²) in [6.07, 6.45) is 0. The Balaban J connectivity index is 2.70. The molecule has 6 heteroatoms. The number of rotatable bonds is 2. The fraction of sp³-hybridized carbons (Fsp3) is 0.231. The Kier molecular flexibility index (Phi) is 4.53. The number of hydrogen-bond donors (Lipinski definition) is 1. The number of halogens is 3. The number of benzene rings is 1. The Bertz CT molecular complexity index is 683. The quantitative estimate of drug-likeness (QED) is 0.745. The van der Waals surface area contributed by atoms with Crippen molar-refractivity contribution in [3.05, 3.63) is 47.9 Å². The molecule has 0 unspecified atom stereocenters. The van der Waals surface area contributed by atoms with Gasteiger partial charge in [-0.3, -0.25) is 4.79 Å². The van der Waals surface area contributed by atoms with Gasteiger partial charge in [-0.25, -0.2) is 4.98 Å². The van der Waals surface area contributed by atoms with Crippen LogP contribution in [0.2, 0.25) is 10.0 Å². The van der Waals surface area contributed by atoms with Crippen molar-refractivity contribution in [1.82, 2.24) is 9.97 Å². The first-order chi connectivity index (χ1) is 8.90. The Morgan fingerprint density at radius 3 is 2.63 bits per heavy atom. The monoisotopic (exact) mass is 408 g/mol. The molecule has 0 saturated heterocycles. The number of nitrogens with one attached hydrogen (secondary N) is 1. The van der Waals surface area contributed by atoms with E-state index >= 15 is 0 Å². The Morgan fingerprint density at radius 2 is 2.00 bits per heavy atom. The molecule has 0 fully saturated rings. The maximum atomic E-state index is 12.0. The number of H-pyrrole nitrogens is 1. The van der Waals surface area contributed by atoms with Gasteiger partial charge >= 0.3 is 0 Å². The van der Waals surface area contributed by atoms with Gasteiger partial charge in [-0.15, -0.1) is 0 Å². The fourth-order valence-electron chi connectivity index (χ4n) is 1.67.